The minimum absolute atomic E-state index is 0.0148. The van der Waals surface area contributed by atoms with Crippen LogP contribution >= 0.6 is 11.6 Å². The smallest absolute Gasteiger partial charge is 0.251 e. The van der Waals surface area contributed by atoms with E-state index in [4.69, 9.17) is 11.6 Å². The summed E-state index contributed by atoms with van der Waals surface area (Å²) in [5, 5.41) is 6.29. The van der Waals surface area contributed by atoms with E-state index in [1.54, 1.807) is 24.3 Å². The molecule has 24 heavy (non-hydrogen) atoms. The maximum absolute atomic E-state index is 11.9. The number of hydrogen-bond acceptors (Lipinski definition) is 2. The third-order valence-corrected chi connectivity index (χ3v) is 3.96. The van der Waals surface area contributed by atoms with Gasteiger partial charge in [0.1, 0.15) is 0 Å². The van der Waals surface area contributed by atoms with Crippen molar-refractivity contribution in [1.29, 1.82) is 0 Å². The average Bonchev–Trinajstić information content (AvgIpc) is 2.58. The molecule has 2 aromatic rings. The number of halogens is 1. The fraction of sp³-hybridized carbons (Fsp3) is 0.263. The van der Waals surface area contributed by atoms with Crippen molar-refractivity contribution in [3.05, 3.63) is 70.2 Å². The van der Waals surface area contributed by atoms with E-state index in [-0.39, 0.29) is 11.8 Å². The van der Waals surface area contributed by atoms with E-state index in [1.807, 2.05) is 31.2 Å². The lowest BCUT2D eigenvalue weighted by Gasteiger charge is -2.08. The lowest BCUT2D eigenvalue weighted by Crippen LogP contribution is -2.27. The van der Waals surface area contributed by atoms with E-state index in [2.05, 4.69) is 10.6 Å². The van der Waals surface area contributed by atoms with E-state index in [1.165, 1.54) is 0 Å². The van der Waals surface area contributed by atoms with Crippen molar-refractivity contribution in [3.8, 4) is 0 Å². The second kappa shape index (κ2) is 9.08. The van der Waals surface area contributed by atoms with E-state index in [0.717, 1.165) is 11.1 Å². The molecule has 2 N–H and O–H groups in total. The molecule has 0 unspecified atom stereocenters. The Bertz CT molecular complexity index is 699. The minimum atomic E-state index is -0.160. The molecule has 2 aromatic carbocycles. The van der Waals surface area contributed by atoms with Gasteiger partial charge in [-0.1, -0.05) is 35.9 Å². The normalized spacial score (nSPS) is 10.2. The molecule has 126 valence electrons. The van der Waals surface area contributed by atoms with E-state index in [9.17, 15) is 9.59 Å². The first kappa shape index (κ1) is 18.0. The monoisotopic (exact) mass is 344 g/mol. The summed E-state index contributed by atoms with van der Waals surface area (Å²) >= 11 is 5.79. The lowest BCUT2D eigenvalue weighted by molar-refractivity contribution is -0.121. The number of rotatable bonds is 7. The van der Waals surface area contributed by atoms with Crippen LogP contribution in [-0.2, 0) is 11.3 Å². The van der Waals surface area contributed by atoms with Gasteiger partial charge in [0.05, 0.1) is 0 Å². The van der Waals surface area contributed by atoms with Crippen LogP contribution in [0.15, 0.2) is 48.5 Å². The quantitative estimate of drug-likeness (QED) is 0.755. The third-order valence-electron chi connectivity index (χ3n) is 3.71. The van der Waals surface area contributed by atoms with Crippen molar-refractivity contribution in [2.45, 2.75) is 26.3 Å². The molecule has 0 aromatic heterocycles. The van der Waals surface area contributed by atoms with Crippen LogP contribution in [0.2, 0.25) is 5.02 Å². The molecule has 0 spiro atoms. The van der Waals surface area contributed by atoms with Gasteiger partial charge in [0, 0.05) is 30.1 Å². The summed E-state index contributed by atoms with van der Waals surface area (Å²) in [6.45, 7) is 3.01. The lowest BCUT2D eigenvalue weighted by atomic mass is 10.1. The van der Waals surface area contributed by atoms with Gasteiger partial charge in [0.25, 0.3) is 5.91 Å². The van der Waals surface area contributed by atoms with Gasteiger partial charge in [-0.15, -0.1) is 0 Å². The summed E-state index contributed by atoms with van der Waals surface area (Å²) < 4.78 is 0. The fourth-order valence-corrected chi connectivity index (χ4v) is 2.37. The van der Waals surface area contributed by atoms with Crippen molar-refractivity contribution in [2.24, 2.45) is 0 Å². The molecule has 0 aliphatic heterocycles. The molecule has 0 atom stereocenters. The summed E-state index contributed by atoms with van der Waals surface area (Å²) in [5.41, 5.74) is 2.83. The zero-order valence-electron chi connectivity index (χ0n) is 13.6. The second-order valence-electron chi connectivity index (χ2n) is 5.57. The molecular formula is C19H21ClN2O2. The van der Waals surface area contributed by atoms with Crippen LogP contribution in [0.5, 0.6) is 0 Å². The van der Waals surface area contributed by atoms with E-state index < -0.39 is 0 Å². The number of aryl methyl sites for hydroxylation is 1. The first-order chi connectivity index (χ1) is 11.6. The molecule has 5 heteroatoms. The molecule has 0 bridgehead atoms. The van der Waals surface area contributed by atoms with Crippen LogP contribution in [-0.4, -0.2) is 18.4 Å². The maximum atomic E-state index is 11.9. The summed E-state index contributed by atoms with van der Waals surface area (Å²) in [6, 6.07) is 14.7. The summed E-state index contributed by atoms with van der Waals surface area (Å²) in [5.74, 6) is -0.175. The summed E-state index contributed by atoms with van der Waals surface area (Å²) in [4.78, 5) is 23.7. The predicted molar refractivity (Wildman–Crippen MR) is 96.0 cm³/mol. The molecule has 0 saturated carbocycles. The number of benzene rings is 2. The van der Waals surface area contributed by atoms with E-state index >= 15 is 0 Å². The zero-order chi connectivity index (χ0) is 17.4. The first-order valence-corrected chi connectivity index (χ1v) is 8.29. The maximum Gasteiger partial charge on any atom is 0.251 e. The highest BCUT2D eigenvalue weighted by Gasteiger charge is 2.06. The van der Waals surface area contributed by atoms with Gasteiger partial charge in [-0.05, 0) is 48.7 Å². The van der Waals surface area contributed by atoms with Crippen molar-refractivity contribution >= 4 is 23.4 Å². The van der Waals surface area contributed by atoms with Gasteiger partial charge in [0.15, 0.2) is 0 Å². The van der Waals surface area contributed by atoms with Gasteiger partial charge in [-0.2, -0.15) is 0 Å². The summed E-state index contributed by atoms with van der Waals surface area (Å²) in [6.07, 6.45) is 0.978. The second-order valence-corrected chi connectivity index (χ2v) is 6.01. The largest absolute Gasteiger partial charge is 0.352 e. The van der Waals surface area contributed by atoms with Gasteiger partial charge in [-0.25, -0.2) is 0 Å². The molecular weight excluding hydrogens is 324 g/mol. The van der Waals surface area contributed by atoms with Gasteiger partial charge in [-0.3, -0.25) is 9.59 Å². The Morgan fingerprint density at radius 2 is 1.71 bits per heavy atom. The Labute approximate surface area is 147 Å². The molecule has 0 radical (unpaired) electrons. The minimum Gasteiger partial charge on any atom is -0.352 e. The van der Waals surface area contributed by atoms with Crippen molar-refractivity contribution in [3.63, 3.8) is 0 Å². The Morgan fingerprint density at radius 1 is 1.00 bits per heavy atom. The Hall–Kier alpha value is -2.33. The SMILES string of the molecule is Cc1ccccc1CNC(=O)CCCNC(=O)c1ccc(Cl)cc1. The Balaban J connectivity index is 1.65. The zero-order valence-corrected chi connectivity index (χ0v) is 14.4. The number of amides is 2. The highest BCUT2D eigenvalue weighted by atomic mass is 35.5. The molecule has 2 amide bonds. The number of hydrogen-bond donors (Lipinski definition) is 2. The molecule has 0 saturated heterocycles. The topological polar surface area (TPSA) is 58.2 Å². The summed E-state index contributed by atoms with van der Waals surface area (Å²) in [7, 11) is 0. The fourth-order valence-electron chi connectivity index (χ4n) is 2.24. The standard InChI is InChI=1S/C19H21ClN2O2/c1-14-5-2-3-6-16(14)13-22-18(23)7-4-12-21-19(24)15-8-10-17(20)11-9-15/h2-3,5-6,8-11H,4,7,12-13H2,1H3,(H,21,24)(H,22,23). The first-order valence-electron chi connectivity index (χ1n) is 7.91. The molecule has 0 heterocycles. The molecule has 0 fully saturated rings. The van der Waals surface area contributed by atoms with Gasteiger partial charge >= 0.3 is 0 Å². The number of carbonyl (C=O) groups excluding carboxylic acids is 2. The Morgan fingerprint density at radius 3 is 2.42 bits per heavy atom. The predicted octanol–water partition coefficient (Wildman–Crippen LogP) is 3.47. The number of nitrogens with one attached hydrogen (secondary N) is 2. The van der Waals surface area contributed by atoms with Gasteiger partial charge < -0.3 is 10.6 Å². The molecule has 0 aliphatic carbocycles. The van der Waals surface area contributed by atoms with Crippen molar-refractivity contribution in [2.75, 3.05) is 6.54 Å². The molecule has 0 aliphatic rings. The van der Waals surface area contributed by atoms with Crippen LogP contribution < -0.4 is 10.6 Å². The van der Waals surface area contributed by atoms with Gasteiger partial charge in [0.2, 0.25) is 5.91 Å². The third kappa shape index (κ3) is 5.70. The highest BCUT2D eigenvalue weighted by molar-refractivity contribution is 6.30. The van der Waals surface area contributed by atoms with E-state index in [0.29, 0.717) is 36.5 Å². The van der Waals surface area contributed by atoms with Crippen LogP contribution in [0.4, 0.5) is 0 Å². The van der Waals surface area contributed by atoms with Crippen molar-refractivity contribution in [1.82, 2.24) is 10.6 Å². The Kier molecular flexibility index (Phi) is 6.82. The molecule has 4 nitrogen and oxygen atoms in total. The van der Waals surface area contributed by atoms with Crippen LogP contribution in [0.3, 0.4) is 0 Å². The average molecular weight is 345 g/mol. The molecule has 2 rings (SSSR count). The van der Waals surface area contributed by atoms with Crippen LogP contribution in [0.1, 0.15) is 34.3 Å². The van der Waals surface area contributed by atoms with Crippen molar-refractivity contribution < 1.29 is 9.59 Å². The van der Waals surface area contributed by atoms with Crippen LogP contribution in [0, 0.1) is 6.92 Å². The number of carbonyl (C=O) groups is 2. The van der Waals surface area contributed by atoms with Crippen LogP contribution in [0.25, 0.3) is 0 Å². The highest BCUT2D eigenvalue weighted by Crippen LogP contribution is 2.09.